The van der Waals surface area contributed by atoms with Crippen LogP contribution < -0.4 is 0 Å². The summed E-state index contributed by atoms with van der Waals surface area (Å²) in [7, 11) is 0. The molecule has 0 radical (unpaired) electrons. The number of unbranched alkanes of at least 4 members (excludes halogenated alkanes) is 38. The second kappa shape index (κ2) is 52.8. The van der Waals surface area contributed by atoms with Gasteiger partial charge in [0.2, 0.25) is 0 Å². The first kappa shape index (κ1) is 64.4. The molecule has 0 heterocycles. The van der Waals surface area contributed by atoms with Crippen LogP contribution in [0.15, 0.2) is 0 Å². The molecule has 0 aliphatic heterocycles. The normalized spacial score (nSPS) is 12.5. The average molecular weight is 934 g/mol. The Morgan fingerprint density at radius 3 is 0.864 bits per heavy atom. The van der Waals surface area contributed by atoms with Gasteiger partial charge in [-0.15, -0.1) is 0 Å². The van der Waals surface area contributed by atoms with Crippen LogP contribution in [0.5, 0.6) is 0 Å². The van der Waals surface area contributed by atoms with Gasteiger partial charge in [-0.1, -0.05) is 298 Å². The largest absolute Gasteiger partial charge is 0.462 e. The van der Waals surface area contributed by atoms with Crippen molar-refractivity contribution >= 4 is 17.9 Å². The van der Waals surface area contributed by atoms with Crippen LogP contribution in [0.2, 0.25) is 0 Å². The highest BCUT2D eigenvalue weighted by Crippen LogP contribution is 2.19. The van der Waals surface area contributed by atoms with Gasteiger partial charge in [0.05, 0.1) is 0 Å². The zero-order chi connectivity index (χ0) is 48.2. The van der Waals surface area contributed by atoms with Crippen molar-refractivity contribution in [2.24, 2.45) is 11.8 Å². The molecule has 0 saturated heterocycles. The van der Waals surface area contributed by atoms with E-state index in [1.807, 2.05) is 0 Å². The SMILES string of the molecule is CCCCCCCCCCCCCCCC(=O)OC[C@@H](COC(=O)CCCCCCCCCCCCCCCCCCCCC(C)C)OC(=O)CCCCCCCCCCCCC(C)CC. The minimum absolute atomic E-state index is 0.0626. The van der Waals surface area contributed by atoms with Crippen LogP contribution in [0.4, 0.5) is 0 Å². The summed E-state index contributed by atoms with van der Waals surface area (Å²) in [6.07, 6.45) is 56.6. The maximum Gasteiger partial charge on any atom is 0.306 e. The quantitative estimate of drug-likeness (QED) is 0.0343. The Hall–Kier alpha value is -1.59. The molecule has 0 aliphatic carbocycles. The van der Waals surface area contributed by atoms with E-state index in [4.69, 9.17) is 14.2 Å². The third-order valence-electron chi connectivity index (χ3n) is 14.1. The summed E-state index contributed by atoms with van der Waals surface area (Å²) in [6.45, 7) is 11.5. The van der Waals surface area contributed by atoms with Crippen molar-refractivity contribution in [3.63, 3.8) is 0 Å². The first-order chi connectivity index (χ1) is 32.3. The van der Waals surface area contributed by atoms with E-state index in [0.717, 1.165) is 69.6 Å². The Labute approximate surface area is 412 Å². The van der Waals surface area contributed by atoms with Crippen molar-refractivity contribution in [2.45, 2.75) is 343 Å². The Morgan fingerprint density at radius 2 is 0.576 bits per heavy atom. The molecule has 0 spiro atoms. The van der Waals surface area contributed by atoms with Crippen molar-refractivity contribution in [3.05, 3.63) is 0 Å². The average Bonchev–Trinajstić information content (AvgIpc) is 3.30. The second-order valence-electron chi connectivity index (χ2n) is 21.4. The highest BCUT2D eigenvalue weighted by molar-refractivity contribution is 5.71. The Bertz CT molecular complexity index is 1010. The highest BCUT2D eigenvalue weighted by atomic mass is 16.6. The van der Waals surface area contributed by atoms with Crippen LogP contribution in [0.1, 0.15) is 336 Å². The van der Waals surface area contributed by atoms with Crippen LogP contribution in [-0.2, 0) is 28.6 Å². The van der Waals surface area contributed by atoms with Gasteiger partial charge in [-0.2, -0.15) is 0 Å². The fourth-order valence-corrected chi connectivity index (χ4v) is 9.20. The van der Waals surface area contributed by atoms with E-state index >= 15 is 0 Å². The summed E-state index contributed by atoms with van der Waals surface area (Å²) in [5.74, 6) is 0.888. The Morgan fingerprint density at radius 1 is 0.318 bits per heavy atom. The van der Waals surface area contributed by atoms with Crippen LogP contribution in [0.3, 0.4) is 0 Å². The van der Waals surface area contributed by atoms with E-state index in [0.29, 0.717) is 19.3 Å². The lowest BCUT2D eigenvalue weighted by molar-refractivity contribution is -0.167. The molecule has 0 amide bonds. The molecule has 1 unspecified atom stereocenters. The minimum Gasteiger partial charge on any atom is -0.462 e. The number of hydrogen-bond acceptors (Lipinski definition) is 6. The standard InChI is InChI=1S/C60H116O6/c1-6-8-9-10-11-12-13-20-24-30-35-40-45-50-58(61)64-53-57(66-60(63)52-47-42-37-32-27-26-29-34-39-44-49-56(5)7-2)54-65-59(62)51-46-41-36-31-25-22-19-17-15-14-16-18-21-23-28-33-38-43-48-55(3)4/h55-57H,6-54H2,1-5H3/t56?,57-/m0/s1. The lowest BCUT2D eigenvalue weighted by Crippen LogP contribution is -2.30. The molecule has 6 heteroatoms. The molecule has 0 rings (SSSR count). The molecule has 392 valence electrons. The van der Waals surface area contributed by atoms with Crippen molar-refractivity contribution in [1.29, 1.82) is 0 Å². The first-order valence-electron chi connectivity index (χ1n) is 29.8. The number of esters is 3. The number of carbonyl (C=O) groups excluding carboxylic acids is 3. The number of rotatable bonds is 54. The van der Waals surface area contributed by atoms with Gasteiger partial charge in [-0.25, -0.2) is 0 Å². The fraction of sp³-hybridized carbons (Fsp3) is 0.950. The van der Waals surface area contributed by atoms with Gasteiger partial charge in [0.15, 0.2) is 6.10 Å². The smallest absolute Gasteiger partial charge is 0.306 e. The van der Waals surface area contributed by atoms with Gasteiger partial charge in [-0.3, -0.25) is 14.4 Å². The Kier molecular flexibility index (Phi) is 51.5. The van der Waals surface area contributed by atoms with Crippen molar-refractivity contribution in [3.8, 4) is 0 Å². The van der Waals surface area contributed by atoms with E-state index < -0.39 is 6.10 Å². The Balaban J connectivity index is 4.24. The zero-order valence-corrected chi connectivity index (χ0v) is 45.3. The summed E-state index contributed by atoms with van der Waals surface area (Å²) in [5, 5.41) is 0. The molecule has 0 aromatic carbocycles. The van der Waals surface area contributed by atoms with Crippen LogP contribution in [0.25, 0.3) is 0 Å². The molecule has 0 saturated carbocycles. The zero-order valence-electron chi connectivity index (χ0n) is 45.3. The first-order valence-corrected chi connectivity index (χ1v) is 29.8. The van der Waals surface area contributed by atoms with Gasteiger partial charge >= 0.3 is 17.9 Å². The summed E-state index contributed by atoms with van der Waals surface area (Å²) in [4.78, 5) is 38.1. The fourth-order valence-electron chi connectivity index (χ4n) is 9.20. The maximum atomic E-state index is 12.8. The molecular formula is C60H116O6. The third kappa shape index (κ3) is 51.8. The monoisotopic (exact) mass is 933 g/mol. The molecule has 0 aliphatic rings. The van der Waals surface area contributed by atoms with Crippen molar-refractivity contribution in [2.75, 3.05) is 13.2 Å². The molecule has 0 fully saturated rings. The number of carbonyl (C=O) groups is 3. The molecule has 2 atom stereocenters. The van der Waals surface area contributed by atoms with E-state index in [1.165, 1.54) is 225 Å². The molecule has 0 aromatic heterocycles. The second-order valence-corrected chi connectivity index (χ2v) is 21.4. The highest BCUT2D eigenvalue weighted by Gasteiger charge is 2.19. The molecular weight excluding hydrogens is 817 g/mol. The summed E-state index contributed by atoms with van der Waals surface area (Å²) in [6, 6.07) is 0. The molecule has 0 aromatic rings. The van der Waals surface area contributed by atoms with Crippen LogP contribution in [-0.4, -0.2) is 37.2 Å². The van der Waals surface area contributed by atoms with Gasteiger partial charge in [0.1, 0.15) is 13.2 Å². The summed E-state index contributed by atoms with van der Waals surface area (Å²) >= 11 is 0. The van der Waals surface area contributed by atoms with E-state index in [-0.39, 0.29) is 31.1 Å². The van der Waals surface area contributed by atoms with Crippen LogP contribution >= 0.6 is 0 Å². The van der Waals surface area contributed by atoms with E-state index in [1.54, 1.807) is 0 Å². The third-order valence-corrected chi connectivity index (χ3v) is 14.1. The van der Waals surface area contributed by atoms with Gasteiger partial charge < -0.3 is 14.2 Å². The minimum atomic E-state index is -0.763. The molecule has 66 heavy (non-hydrogen) atoms. The predicted octanol–water partition coefficient (Wildman–Crippen LogP) is 19.7. The van der Waals surface area contributed by atoms with E-state index in [2.05, 4.69) is 34.6 Å². The number of ether oxygens (including phenoxy) is 3. The van der Waals surface area contributed by atoms with Gasteiger partial charge in [0.25, 0.3) is 0 Å². The lowest BCUT2D eigenvalue weighted by atomic mass is 9.99. The summed E-state index contributed by atoms with van der Waals surface area (Å²) in [5.41, 5.74) is 0. The van der Waals surface area contributed by atoms with E-state index in [9.17, 15) is 14.4 Å². The van der Waals surface area contributed by atoms with Gasteiger partial charge in [0, 0.05) is 19.3 Å². The molecule has 0 N–H and O–H groups in total. The molecule has 6 nitrogen and oxygen atoms in total. The van der Waals surface area contributed by atoms with Gasteiger partial charge in [-0.05, 0) is 31.1 Å². The molecule has 0 bridgehead atoms. The number of hydrogen-bond donors (Lipinski definition) is 0. The predicted molar refractivity (Wildman–Crippen MR) is 284 cm³/mol. The lowest BCUT2D eigenvalue weighted by Gasteiger charge is -2.18. The topological polar surface area (TPSA) is 78.9 Å². The van der Waals surface area contributed by atoms with Crippen molar-refractivity contribution in [1.82, 2.24) is 0 Å². The maximum absolute atomic E-state index is 12.8. The summed E-state index contributed by atoms with van der Waals surface area (Å²) < 4.78 is 16.9. The van der Waals surface area contributed by atoms with Crippen molar-refractivity contribution < 1.29 is 28.6 Å². The van der Waals surface area contributed by atoms with Crippen LogP contribution in [0, 0.1) is 11.8 Å².